The summed E-state index contributed by atoms with van der Waals surface area (Å²) >= 11 is 0. The maximum atomic E-state index is 4.17. The van der Waals surface area contributed by atoms with Gasteiger partial charge in [-0.05, 0) is 13.3 Å². The van der Waals surface area contributed by atoms with E-state index in [9.17, 15) is 0 Å². The van der Waals surface area contributed by atoms with Crippen molar-refractivity contribution in [1.29, 1.82) is 0 Å². The minimum absolute atomic E-state index is 0. The second-order valence-electron chi connectivity index (χ2n) is 1.83. The number of H-pyrrole nitrogens is 1. The smallest absolute Gasteiger partial charge is 0.103 e. The first-order chi connectivity index (χ1) is 3.83. The van der Waals surface area contributed by atoms with E-state index >= 15 is 0 Å². The van der Waals surface area contributed by atoms with E-state index in [-0.39, 0.29) is 24.0 Å². The number of hydrogen-bond acceptors (Lipinski definition) is 1. The van der Waals surface area contributed by atoms with Crippen LogP contribution in [0.25, 0.3) is 0 Å². The summed E-state index contributed by atoms with van der Waals surface area (Å²) < 4.78 is 0. The standard InChI is InChI=1S/C6H10N2.HI/c1-3-6-4-7-5(2)8-6;/h4H,3H2,1-2H3,(H,7,8);1H. The van der Waals surface area contributed by atoms with Gasteiger partial charge >= 0.3 is 0 Å². The third-order valence-electron chi connectivity index (χ3n) is 1.12. The molecule has 1 rings (SSSR count). The van der Waals surface area contributed by atoms with Crippen molar-refractivity contribution in [2.45, 2.75) is 20.3 Å². The average molecular weight is 238 g/mol. The van der Waals surface area contributed by atoms with Crippen molar-refractivity contribution in [3.63, 3.8) is 0 Å². The quantitative estimate of drug-likeness (QED) is 0.743. The molecule has 0 aliphatic carbocycles. The Morgan fingerprint density at radius 1 is 1.67 bits per heavy atom. The highest BCUT2D eigenvalue weighted by molar-refractivity contribution is 14.0. The number of aromatic amines is 1. The van der Waals surface area contributed by atoms with E-state index in [1.54, 1.807) is 0 Å². The molecule has 1 N–H and O–H groups in total. The lowest BCUT2D eigenvalue weighted by atomic mass is 10.4. The number of aryl methyl sites for hydroxylation is 2. The van der Waals surface area contributed by atoms with Crippen LogP contribution >= 0.6 is 24.0 Å². The summed E-state index contributed by atoms with van der Waals surface area (Å²) in [5.41, 5.74) is 1.14. The lowest BCUT2D eigenvalue weighted by molar-refractivity contribution is 1.04. The van der Waals surface area contributed by atoms with E-state index in [0.717, 1.165) is 17.9 Å². The summed E-state index contributed by atoms with van der Waals surface area (Å²) in [5, 5.41) is 0. The number of rotatable bonds is 1. The van der Waals surface area contributed by atoms with Crippen molar-refractivity contribution in [1.82, 2.24) is 9.97 Å². The van der Waals surface area contributed by atoms with Crippen LogP contribution < -0.4 is 0 Å². The minimum Gasteiger partial charge on any atom is -0.349 e. The molecule has 0 amide bonds. The van der Waals surface area contributed by atoms with Gasteiger partial charge in [-0.3, -0.25) is 0 Å². The molecule has 0 fully saturated rings. The predicted molar refractivity (Wildman–Crippen MR) is 48.1 cm³/mol. The molecule has 52 valence electrons. The number of imidazole rings is 1. The van der Waals surface area contributed by atoms with Gasteiger partial charge in [0.15, 0.2) is 0 Å². The third kappa shape index (κ3) is 2.34. The van der Waals surface area contributed by atoms with Crippen molar-refractivity contribution >= 4 is 24.0 Å². The fourth-order valence-electron chi connectivity index (χ4n) is 0.649. The van der Waals surface area contributed by atoms with Gasteiger partial charge in [-0.1, -0.05) is 6.92 Å². The monoisotopic (exact) mass is 238 g/mol. The molecule has 2 nitrogen and oxygen atoms in total. The summed E-state index contributed by atoms with van der Waals surface area (Å²) in [6.07, 6.45) is 2.96. The van der Waals surface area contributed by atoms with E-state index in [1.807, 2.05) is 13.1 Å². The summed E-state index contributed by atoms with van der Waals surface area (Å²) in [4.78, 5) is 7.18. The Hall–Kier alpha value is -0.0600. The van der Waals surface area contributed by atoms with Gasteiger partial charge < -0.3 is 4.98 Å². The van der Waals surface area contributed by atoms with Crippen molar-refractivity contribution in [2.24, 2.45) is 0 Å². The van der Waals surface area contributed by atoms with Crippen LogP contribution in [-0.2, 0) is 6.42 Å². The molecule has 0 aliphatic heterocycles. The van der Waals surface area contributed by atoms with Crippen LogP contribution in [0.4, 0.5) is 0 Å². The predicted octanol–water partition coefficient (Wildman–Crippen LogP) is 1.90. The Balaban J connectivity index is 0.000000640. The van der Waals surface area contributed by atoms with E-state index in [4.69, 9.17) is 0 Å². The molecule has 0 saturated carbocycles. The highest BCUT2D eigenvalue weighted by Crippen LogP contribution is 1.94. The maximum Gasteiger partial charge on any atom is 0.103 e. The largest absolute Gasteiger partial charge is 0.349 e. The number of halogens is 1. The summed E-state index contributed by atoms with van der Waals surface area (Å²) in [7, 11) is 0. The molecule has 0 radical (unpaired) electrons. The highest BCUT2D eigenvalue weighted by Gasteiger charge is 1.89. The molecular weight excluding hydrogens is 227 g/mol. The lowest BCUT2D eigenvalue weighted by Crippen LogP contribution is -1.76. The molecule has 0 unspecified atom stereocenters. The van der Waals surface area contributed by atoms with Crippen LogP contribution in [0.1, 0.15) is 18.4 Å². The topological polar surface area (TPSA) is 28.7 Å². The van der Waals surface area contributed by atoms with Crippen molar-refractivity contribution < 1.29 is 0 Å². The van der Waals surface area contributed by atoms with E-state index in [1.165, 1.54) is 0 Å². The van der Waals surface area contributed by atoms with Gasteiger partial charge in [-0.25, -0.2) is 4.98 Å². The molecule has 9 heavy (non-hydrogen) atoms. The first-order valence-corrected chi connectivity index (χ1v) is 2.84. The summed E-state index contributed by atoms with van der Waals surface area (Å²) in [5.74, 6) is 1.00. The number of hydrogen-bond donors (Lipinski definition) is 1. The number of nitrogens with one attached hydrogen (secondary N) is 1. The first kappa shape index (κ1) is 8.94. The van der Waals surface area contributed by atoms with Gasteiger partial charge in [0, 0.05) is 6.20 Å². The molecule has 1 aromatic rings. The van der Waals surface area contributed by atoms with E-state index < -0.39 is 0 Å². The van der Waals surface area contributed by atoms with Crippen LogP contribution in [0.2, 0.25) is 0 Å². The van der Waals surface area contributed by atoms with Crippen molar-refractivity contribution in [3.8, 4) is 0 Å². The number of nitrogens with zero attached hydrogens (tertiary/aromatic N) is 1. The van der Waals surface area contributed by atoms with Gasteiger partial charge in [0.25, 0.3) is 0 Å². The van der Waals surface area contributed by atoms with Gasteiger partial charge in [0.1, 0.15) is 5.82 Å². The molecule has 1 aromatic heterocycles. The zero-order valence-corrected chi connectivity index (χ0v) is 7.97. The Bertz CT molecular complexity index is 171. The minimum atomic E-state index is 0. The Morgan fingerprint density at radius 2 is 2.33 bits per heavy atom. The van der Waals surface area contributed by atoms with Crippen molar-refractivity contribution in [2.75, 3.05) is 0 Å². The fraction of sp³-hybridized carbons (Fsp3) is 0.500. The Morgan fingerprint density at radius 3 is 2.56 bits per heavy atom. The summed E-state index contributed by atoms with van der Waals surface area (Å²) in [6, 6.07) is 0. The summed E-state index contributed by atoms with van der Waals surface area (Å²) in [6.45, 7) is 4.05. The molecule has 0 aliphatic rings. The normalized spacial score (nSPS) is 8.67. The Kier molecular flexibility index (Phi) is 3.84. The van der Waals surface area contributed by atoms with Crippen LogP contribution in [0.15, 0.2) is 6.20 Å². The zero-order chi connectivity index (χ0) is 5.98. The lowest BCUT2D eigenvalue weighted by Gasteiger charge is -1.79. The van der Waals surface area contributed by atoms with E-state index in [0.29, 0.717) is 0 Å². The molecule has 1 heterocycles. The molecule has 0 spiro atoms. The fourth-order valence-corrected chi connectivity index (χ4v) is 0.649. The van der Waals surface area contributed by atoms with Crippen LogP contribution in [-0.4, -0.2) is 9.97 Å². The van der Waals surface area contributed by atoms with Gasteiger partial charge in [-0.2, -0.15) is 0 Å². The van der Waals surface area contributed by atoms with Gasteiger partial charge in [0.05, 0.1) is 5.69 Å². The second-order valence-corrected chi connectivity index (χ2v) is 1.83. The van der Waals surface area contributed by atoms with Crippen LogP contribution in [0.3, 0.4) is 0 Å². The van der Waals surface area contributed by atoms with Gasteiger partial charge in [0.2, 0.25) is 0 Å². The van der Waals surface area contributed by atoms with Gasteiger partial charge in [-0.15, -0.1) is 24.0 Å². The molecule has 0 saturated heterocycles. The molecule has 0 bridgehead atoms. The molecule has 0 aromatic carbocycles. The van der Waals surface area contributed by atoms with Crippen LogP contribution in [0.5, 0.6) is 0 Å². The number of aromatic nitrogens is 2. The third-order valence-corrected chi connectivity index (χ3v) is 1.12. The zero-order valence-electron chi connectivity index (χ0n) is 5.64. The first-order valence-electron chi connectivity index (χ1n) is 2.84. The molecule has 0 atom stereocenters. The highest BCUT2D eigenvalue weighted by atomic mass is 127. The van der Waals surface area contributed by atoms with Crippen molar-refractivity contribution in [3.05, 3.63) is 17.7 Å². The molecular formula is C6H11IN2. The Labute approximate surface area is 72.1 Å². The SMILES string of the molecule is CCc1c[nH]c(C)n1.I. The van der Waals surface area contributed by atoms with Crippen LogP contribution in [0, 0.1) is 6.92 Å². The maximum absolute atomic E-state index is 4.17. The second kappa shape index (κ2) is 3.87. The van der Waals surface area contributed by atoms with E-state index in [2.05, 4.69) is 16.9 Å². The average Bonchev–Trinajstić information content (AvgIpc) is 2.14. The molecule has 3 heteroatoms.